The van der Waals surface area contributed by atoms with Gasteiger partial charge in [-0.1, -0.05) is 25.0 Å². The number of nitro groups is 1. The van der Waals surface area contributed by atoms with Crippen LogP contribution in [0, 0.1) is 15.5 Å². The molecule has 1 aliphatic carbocycles. The molecule has 0 bridgehead atoms. The normalized spacial score (nSPS) is 17.0. The molecule has 0 unspecified atom stereocenters. The minimum atomic E-state index is -1.13. The minimum absolute atomic E-state index is 0.0625. The van der Waals surface area contributed by atoms with Gasteiger partial charge in [-0.2, -0.15) is 0 Å². The molecule has 1 aromatic carbocycles. The van der Waals surface area contributed by atoms with E-state index in [9.17, 15) is 24.8 Å². The maximum atomic E-state index is 12.7. The number of aliphatic carboxylic acids is 1. The summed E-state index contributed by atoms with van der Waals surface area (Å²) in [6, 6.07) is 4.58. The topological polar surface area (TPSA) is 136 Å². The molecule has 0 radical (unpaired) electrons. The van der Waals surface area contributed by atoms with Crippen molar-refractivity contribution in [1.29, 1.82) is 0 Å². The Hall–Kier alpha value is -2.48. The van der Waals surface area contributed by atoms with Crippen LogP contribution in [0.4, 0.5) is 5.69 Å². The number of amides is 1. The van der Waals surface area contributed by atoms with Crippen molar-refractivity contribution in [2.75, 3.05) is 6.54 Å². The number of nitrogens with one attached hydrogen (secondary N) is 1. The Labute approximate surface area is 145 Å². The van der Waals surface area contributed by atoms with E-state index >= 15 is 0 Å². The Balaban J connectivity index is 2.08. The quantitative estimate of drug-likeness (QED) is 0.482. The molecule has 1 amide bonds. The lowest BCUT2D eigenvalue weighted by Gasteiger charge is -2.29. The highest BCUT2D eigenvalue weighted by atomic mass is 16.6. The number of hydrogen-bond acceptors (Lipinski definition) is 5. The predicted molar refractivity (Wildman–Crippen MR) is 90.9 cm³/mol. The molecular weight excluding hydrogens is 326 g/mol. The van der Waals surface area contributed by atoms with E-state index in [-0.39, 0.29) is 18.0 Å². The smallest absolute Gasteiger partial charge is 0.326 e. The highest BCUT2D eigenvalue weighted by Crippen LogP contribution is 2.41. The van der Waals surface area contributed by atoms with Crippen LogP contribution in [-0.4, -0.2) is 34.5 Å². The Bertz CT molecular complexity index is 638. The van der Waals surface area contributed by atoms with Crippen LogP contribution in [0.15, 0.2) is 24.3 Å². The molecule has 0 spiro atoms. The van der Waals surface area contributed by atoms with Crippen LogP contribution in [-0.2, 0) is 16.0 Å². The summed E-state index contributed by atoms with van der Waals surface area (Å²) in [6.07, 6.45) is 3.93. The van der Waals surface area contributed by atoms with Crippen molar-refractivity contribution in [1.82, 2.24) is 5.32 Å². The van der Waals surface area contributed by atoms with Gasteiger partial charge in [-0.05, 0) is 31.4 Å². The van der Waals surface area contributed by atoms with Crippen molar-refractivity contribution in [3.05, 3.63) is 39.9 Å². The average Bonchev–Trinajstić information content (AvgIpc) is 3.05. The number of benzene rings is 1. The molecule has 0 heterocycles. The summed E-state index contributed by atoms with van der Waals surface area (Å²) in [5.41, 5.74) is 5.61. The van der Waals surface area contributed by atoms with Gasteiger partial charge in [-0.25, -0.2) is 4.79 Å². The van der Waals surface area contributed by atoms with Gasteiger partial charge in [0.25, 0.3) is 5.69 Å². The molecule has 1 aliphatic rings. The third-order valence-corrected chi connectivity index (χ3v) is 4.86. The summed E-state index contributed by atoms with van der Waals surface area (Å²) in [5, 5.41) is 22.8. The van der Waals surface area contributed by atoms with Crippen molar-refractivity contribution in [3.8, 4) is 0 Å². The Morgan fingerprint density at radius 2 is 1.88 bits per heavy atom. The highest BCUT2D eigenvalue weighted by Gasteiger charge is 2.41. The van der Waals surface area contributed by atoms with Crippen molar-refractivity contribution in [3.63, 3.8) is 0 Å². The van der Waals surface area contributed by atoms with Gasteiger partial charge in [-0.3, -0.25) is 14.9 Å². The van der Waals surface area contributed by atoms with Gasteiger partial charge in [-0.15, -0.1) is 0 Å². The lowest BCUT2D eigenvalue weighted by molar-refractivity contribution is -0.384. The zero-order chi connectivity index (χ0) is 18.4. The van der Waals surface area contributed by atoms with E-state index in [1.807, 2.05) is 0 Å². The number of nitrogens with zero attached hydrogens (tertiary/aromatic N) is 1. The van der Waals surface area contributed by atoms with E-state index < -0.39 is 22.3 Å². The summed E-state index contributed by atoms with van der Waals surface area (Å²) in [4.78, 5) is 34.4. The lowest BCUT2D eigenvalue weighted by Crippen LogP contribution is -2.49. The van der Waals surface area contributed by atoms with E-state index in [2.05, 4.69) is 5.32 Å². The van der Waals surface area contributed by atoms with E-state index in [0.717, 1.165) is 25.7 Å². The standard InChI is InChI=1S/C17H23N3O5/c18-10-9-17(7-1-2-8-17)16(23)19-14(15(21)22)11-12-3-5-13(6-4-12)20(24)25/h3-6,14H,1-2,7-11,18H2,(H,19,23)(H,21,22)/t14-/m0/s1. The molecule has 1 fully saturated rings. The van der Waals surface area contributed by atoms with Crippen LogP contribution >= 0.6 is 0 Å². The molecule has 4 N–H and O–H groups in total. The number of nitro benzene ring substituents is 1. The molecule has 1 saturated carbocycles. The number of carbonyl (C=O) groups is 2. The molecule has 136 valence electrons. The number of nitrogens with two attached hydrogens (primary N) is 1. The fourth-order valence-corrected chi connectivity index (χ4v) is 3.42. The number of carboxylic acid groups (broad SMARTS) is 1. The summed E-state index contributed by atoms with van der Waals surface area (Å²) in [5.74, 6) is -1.39. The van der Waals surface area contributed by atoms with Crippen LogP contribution in [0.1, 0.15) is 37.7 Å². The second kappa shape index (κ2) is 8.06. The molecule has 8 nitrogen and oxygen atoms in total. The SMILES string of the molecule is NCCC1(C(=O)N[C@@H](Cc2ccc([N+](=O)[O-])cc2)C(=O)O)CCCC1. The second-order valence-electron chi connectivity index (χ2n) is 6.52. The molecule has 0 aromatic heterocycles. The largest absolute Gasteiger partial charge is 0.480 e. The Morgan fingerprint density at radius 1 is 1.28 bits per heavy atom. The van der Waals surface area contributed by atoms with Gasteiger partial charge in [0, 0.05) is 18.6 Å². The molecule has 25 heavy (non-hydrogen) atoms. The molecule has 0 saturated heterocycles. The highest BCUT2D eigenvalue weighted by molar-refractivity contribution is 5.87. The maximum Gasteiger partial charge on any atom is 0.326 e. The summed E-state index contributed by atoms with van der Waals surface area (Å²) >= 11 is 0. The predicted octanol–water partition coefficient (Wildman–Crippen LogP) is 1.62. The van der Waals surface area contributed by atoms with Crippen molar-refractivity contribution in [2.45, 2.75) is 44.6 Å². The van der Waals surface area contributed by atoms with Crippen molar-refractivity contribution in [2.24, 2.45) is 11.1 Å². The first-order valence-corrected chi connectivity index (χ1v) is 8.35. The number of carbonyl (C=O) groups excluding carboxylic acids is 1. The van der Waals surface area contributed by atoms with Crippen LogP contribution in [0.3, 0.4) is 0 Å². The molecular formula is C17H23N3O5. The third kappa shape index (κ3) is 4.54. The summed E-state index contributed by atoms with van der Waals surface area (Å²) < 4.78 is 0. The average molecular weight is 349 g/mol. The summed E-state index contributed by atoms with van der Waals surface area (Å²) in [6.45, 7) is 0.382. The number of carboxylic acids is 1. The van der Waals surface area contributed by atoms with E-state index in [4.69, 9.17) is 5.73 Å². The van der Waals surface area contributed by atoms with E-state index in [1.54, 1.807) is 0 Å². The Kier molecular flexibility index (Phi) is 6.08. The van der Waals surface area contributed by atoms with Crippen LogP contribution in [0.25, 0.3) is 0 Å². The van der Waals surface area contributed by atoms with E-state index in [0.29, 0.717) is 18.5 Å². The number of hydrogen-bond donors (Lipinski definition) is 3. The monoisotopic (exact) mass is 349 g/mol. The molecule has 1 aromatic rings. The van der Waals surface area contributed by atoms with Gasteiger partial charge in [0.1, 0.15) is 6.04 Å². The first-order valence-electron chi connectivity index (χ1n) is 8.35. The maximum absolute atomic E-state index is 12.7. The first kappa shape index (κ1) is 18.9. The zero-order valence-electron chi connectivity index (χ0n) is 13.9. The summed E-state index contributed by atoms with van der Waals surface area (Å²) in [7, 11) is 0. The van der Waals surface area contributed by atoms with Gasteiger partial charge in [0.05, 0.1) is 10.3 Å². The van der Waals surface area contributed by atoms with Crippen LogP contribution in [0.5, 0.6) is 0 Å². The number of rotatable bonds is 8. The lowest BCUT2D eigenvalue weighted by atomic mass is 9.81. The van der Waals surface area contributed by atoms with E-state index in [1.165, 1.54) is 24.3 Å². The van der Waals surface area contributed by atoms with Crippen molar-refractivity contribution >= 4 is 17.6 Å². The number of non-ortho nitro benzene ring substituents is 1. The minimum Gasteiger partial charge on any atom is -0.480 e. The fourth-order valence-electron chi connectivity index (χ4n) is 3.42. The van der Waals surface area contributed by atoms with Crippen LogP contribution < -0.4 is 11.1 Å². The fraction of sp³-hybridized carbons (Fsp3) is 0.529. The Morgan fingerprint density at radius 3 is 2.36 bits per heavy atom. The second-order valence-corrected chi connectivity index (χ2v) is 6.52. The molecule has 8 heteroatoms. The first-order chi connectivity index (χ1) is 11.9. The van der Waals surface area contributed by atoms with Crippen LogP contribution in [0.2, 0.25) is 0 Å². The zero-order valence-corrected chi connectivity index (χ0v) is 13.9. The third-order valence-electron chi connectivity index (χ3n) is 4.86. The van der Waals surface area contributed by atoms with Gasteiger partial charge >= 0.3 is 5.97 Å². The van der Waals surface area contributed by atoms with Gasteiger partial charge in [0.2, 0.25) is 5.91 Å². The van der Waals surface area contributed by atoms with Gasteiger partial charge < -0.3 is 16.2 Å². The van der Waals surface area contributed by atoms with Crippen molar-refractivity contribution < 1.29 is 19.6 Å². The van der Waals surface area contributed by atoms with Gasteiger partial charge in [0.15, 0.2) is 0 Å². The molecule has 2 rings (SSSR count). The molecule has 1 atom stereocenters. The molecule has 0 aliphatic heterocycles.